The largest absolute Gasteiger partial charge is 0.489 e. The Morgan fingerprint density at radius 2 is 1.95 bits per heavy atom. The molecule has 2 unspecified atom stereocenters. The number of amides is 2. The van der Waals surface area contributed by atoms with E-state index in [1.165, 1.54) is 0 Å². The fourth-order valence-electron chi connectivity index (χ4n) is 6.45. The lowest BCUT2D eigenvalue weighted by Gasteiger charge is -2.49. The van der Waals surface area contributed by atoms with Crippen LogP contribution in [0.2, 0.25) is 5.02 Å². The smallest absolute Gasteiger partial charge is 0.237 e. The third-order valence-electron chi connectivity index (χ3n) is 8.04. The van der Waals surface area contributed by atoms with Gasteiger partial charge in [-0.15, -0.1) is 0 Å². The quantitative estimate of drug-likeness (QED) is 0.524. The molecule has 5 atom stereocenters. The molecule has 3 N–H and O–H groups in total. The SMILES string of the molecule is [B]c1ccc(OC2CCNC2)c([C@H]2NC(=O)CC([C@@H]3C=CC=C(Cl)C3)[C@]23C(=O)Nc2cc(Cl)ccc23)c1. The van der Waals surface area contributed by atoms with Crippen molar-refractivity contribution in [2.24, 2.45) is 11.8 Å². The van der Waals surface area contributed by atoms with Gasteiger partial charge in [0.2, 0.25) is 11.8 Å². The molecule has 2 fully saturated rings. The standard InChI is InChI=1S/C28H26BCl2N3O3/c29-16-4-7-24(37-19-8-9-32-14-19)20(11-16)26-28(21-6-5-18(31)12-23(21)33-27(28)36)22(13-25(35)34-26)15-2-1-3-17(30)10-15/h1-7,11-12,15,19,22,26,32H,8-10,13-14H2,(H,33,36)(H,34,35)/t15-,19?,22?,26-,28+/m1/s1. The fourth-order valence-corrected chi connectivity index (χ4v) is 6.88. The van der Waals surface area contributed by atoms with Gasteiger partial charge in [-0.05, 0) is 61.1 Å². The number of carbonyl (C=O) groups excluding carboxylic acids is 2. The zero-order valence-electron chi connectivity index (χ0n) is 20.1. The molecule has 6 rings (SSSR count). The predicted octanol–water partition coefficient (Wildman–Crippen LogP) is 3.64. The van der Waals surface area contributed by atoms with Crippen LogP contribution in [0.3, 0.4) is 0 Å². The normalized spacial score (nSPS) is 30.6. The van der Waals surface area contributed by atoms with Gasteiger partial charge in [-0.25, -0.2) is 0 Å². The van der Waals surface area contributed by atoms with E-state index in [1.54, 1.807) is 18.2 Å². The maximum Gasteiger partial charge on any atom is 0.237 e. The van der Waals surface area contributed by atoms with Gasteiger partial charge in [0.25, 0.3) is 0 Å². The van der Waals surface area contributed by atoms with E-state index in [-0.39, 0.29) is 36.2 Å². The number of anilines is 1. The van der Waals surface area contributed by atoms with Crippen molar-refractivity contribution in [3.8, 4) is 5.75 Å². The summed E-state index contributed by atoms with van der Waals surface area (Å²) in [5, 5.41) is 10.8. The molecule has 1 aliphatic carbocycles. The fraction of sp³-hybridized carbons (Fsp3) is 0.357. The molecule has 2 radical (unpaired) electrons. The van der Waals surface area contributed by atoms with Gasteiger partial charge in [-0.1, -0.05) is 59.0 Å². The molecule has 0 saturated carbocycles. The lowest BCUT2D eigenvalue weighted by Crippen LogP contribution is -2.59. The first-order valence-corrected chi connectivity index (χ1v) is 13.3. The van der Waals surface area contributed by atoms with Crippen LogP contribution in [-0.4, -0.2) is 38.9 Å². The van der Waals surface area contributed by atoms with E-state index in [9.17, 15) is 9.59 Å². The first-order valence-electron chi connectivity index (χ1n) is 12.6. The molecule has 2 amide bonds. The van der Waals surface area contributed by atoms with E-state index in [2.05, 4.69) is 22.0 Å². The molecule has 9 heteroatoms. The van der Waals surface area contributed by atoms with Crippen molar-refractivity contribution in [3.63, 3.8) is 0 Å². The lowest BCUT2D eigenvalue weighted by atomic mass is 9.56. The summed E-state index contributed by atoms with van der Waals surface area (Å²) in [6.45, 7) is 1.61. The summed E-state index contributed by atoms with van der Waals surface area (Å²) in [7, 11) is 6.27. The highest BCUT2D eigenvalue weighted by molar-refractivity contribution is 6.32. The number of halogens is 2. The van der Waals surface area contributed by atoms with Crippen LogP contribution in [0.25, 0.3) is 0 Å². The number of fused-ring (bicyclic) bond motifs is 2. The van der Waals surface area contributed by atoms with E-state index >= 15 is 0 Å². The Bertz CT molecular complexity index is 1340. The molecular weight excluding hydrogens is 508 g/mol. The van der Waals surface area contributed by atoms with Gasteiger partial charge in [0.05, 0.1) is 6.04 Å². The van der Waals surface area contributed by atoms with Crippen LogP contribution in [0.5, 0.6) is 5.75 Å². The molecule has 2 aromatic rings. The van der Waals surface area contributed by atoms with Crippen LogP contribution in [-0.2, 0) is 15.0 Å². The number of rotatable bonds is 4. The molecule has 3 aliphatic heterocycles. The maximum absolute atomic E-state index is 14.2. The molecule has 6 nitrogen and oxygen atoms in total. The Kier molecular flexibility index (Phi) is 6.34. The summed E-state index contributed by atoms with van der Waals surface area (Å²) in [4.78, 5) is 27.5. The molecule has 3 heterocycles. The Labute approximate surface area is 227 Å². The molecule has 4 aliphatic rings. The third-order valence-corrected chi connectivity index (χ3v) is 8.55. The van der Waals surface area contributed by atoms with E-state index in [1.807, 2.05) is 30.4 Å². The molecule has 37 heavy (non-hydrogen) atoms. The highest BCUT2D eigenvalue weighted by Crippen LogP contribution is 2.58. The summed E-state index contributed by atoms with van der Waals surface area (Å²) in [6, 6.07) is 10.2. The molecule has 2 aromatic carbocycles. The maximum atomic E-state index is 14.2. The van der Waals surface area contributed by atoms with Crippen molar-refractivity contribution in [1.29, 1.82) is 0 Å². The van der Waals surface area contributed by atoms with Gasteiger partial charge in [0.15, 0.2) is 0 Å². The van der Waals surface area contributed by atoms with Crippen molar-refractivity contribution in [2.75, 3.05) is 18.4 Å². The van der Waals surface area contributed by atoms with Crippen molar-refractivity contribution < 1.29 is 14.3 Å². The second kappa shape index (κ2) is 9.53. The lowest BCUT2D eigenvalue weighted by molar-refractivity contribution is -0.135. The Morgan fingerprint density at radius 3 is 2.73 bits per heavy atom. The summed E-state index contributed by atoms with van der Waals surface area (Å²) >= 11 is 12.8. The van der Waals surface area contributed by atoms with Crippen molar-refractivity contribution in [3.05, 3.63) is 75.8 Å². The summed E-state index contributed by atoms with van der Waals surface area (Å²) in [6.07, 6.45) is 7.40. The molecule has 1 spiro atoms. The molecular formula is C28H26BCl2N3O3. The van der Waals surface area contributed by atoms with Crippen molar-refractivity contribution in [1.82, 2.24) is 10.6 Å². The van der Waals surface area contributed by atoms with Gasteiger partial charge in [-0.2, -0.15) is 0 Å². The Hall–Kier alpha value is -2.74. The first-order chi connectivity index (χ1) is 17.9. The molecule has 188 valence electrons. The van der Waals surface area contributed by atoms with Crippen LogP contribution in [0.15, 0.2) is 59.7 Å². The first kappa shape index (κ1) is 24.6. The Morgan fingerprint density at radius 1 is 1.08 bits per heavy atom. The highest BCUT2D eigenvalue weighted by atomic mass is 35.5. The number of carbonyl (C=O) groups is 2. The van der Waals surface area contributed by atoms with Gasteiger partial charge in [-0.3, -0.25) is 9.59 Å². The van der Waals surface area contributed by atoms with Gasteiger partial charge >= 0.3 is 0 Å². The monoisotopic (exact) mass is 533 g/mol. The number of benzene rings is 2. The Balaban J connectivity index is 1.56. The summed E-state index contributed by atoms with van der Waals surface area (Å²) in [5.74, 6) is -0.196. The van der Waals surface area contributed by atoms with Gasteiger partial charge in [0.1, 0.15) is 25.1 Å². The summed E-state index contributed by atoms with van der Waals surface area (Å²) in [5.41, 5.74) is 1.53. The second-order valence-corrected chi connectivity index (χ2v) is 11.1. The highest BCUT2D eigenvalue weighted by Gasteiger charge is 2.62. The van der Waals surface area contributed by atoms with E-state index in [0.717, 1.165) is 25.1 Å². The third kappa shape index (κ3) is 4.17. The van der Waals surface area contributed by atoms with Gasteiger partial charge in [0, 0.05) is 34.3 Å². The van der Waals surface area contributed by atoms with Crippen molar-refractivity contribution in [2.45, 2.75) is 36.8 Å². The van der Waals surface area contributed by atoms with Crippen LogP contribution in [0.4, 0.5) is 5.69 Å². The van der Waals surface area contributed by atoms with Gasteiger partial charge < -0.3 is 20.7 Å². The molecule has 0 bridgehead atoms. The minimum absolute atomic E-state index is 0.0119. The van der Waals surface area contributed by atoms with E-state index in [4.69, 9.17) is 35.8 Å². The number of ether oxygens (including phenoxy) is 1. The molecule has 2 saturated heterocycles. The topological polar surface area (TPSA) is 79.5 Å². The average Bonchev–Trinajstić information content (AvgIpc) is 3.47. The number of allylic oxidation sites excluding steroid dienone is 4. The minimum Gasteiger partial charge on any atom is -0.489 e. The van der Waals surface area contributed by atoms with E-state index in [0.29, 0.717) is 38.9 Å². The average molecular weight is 534 g/mol. The zero-order valence-corrected chi connectivity index (χ0v) is 21.6. The van der Waals surface area contributed by atoms with Crippen LogP contribution in [0, 0.1) is 11.8 Å². The summed E-state index contributed by atoms with van der Waals surface area (Å²) < 4.78 is 6.43. The predicted molar refractivity (Wildman–Crippen MR) is 146 cm³/mol. The minimum atomic E-state index is -1.13. The number of hydrogen-bond acceptors (Lipinski definition) is 4. The van der Waals surface area contributed by atoms with E-state index < -0.39 is 11.5 Å². The van der Waals surface area contributed by atoms with Crippen LogP contribution >= 0.6 is 23.2 Å². The number of nitrogens with one attached hydrogen (secondary N) is 3. The zero-order chi connectivity index (χ0) is 25.7. The van der Waals surface area contributed by atoms with Crippen molar-refractivity contribution >= 4 is 54.0 Å². The van der Waals surface area contributed by atoms with Crippen LogP contribution < -0.4 is 26.2 Å². The van der Waals surface area contributed by atoms with Crippen LogP contribution in [0.1, 0.15) is 36.4 Å². The number of piperidine rings is 1. The molecule has 0 aromatic heterocycles. The second-order valence-electron chi connectivity index (χ2n) is 10.2. The number of hydrogen-bond donors (Lipinski definition) is 3.